The van der Waals surface area contributed by atoms with Crippen LogP contribution in [0.2, 0.25) is 0 Å². The van der Waals surface area contributed by atoms with E-state index in [-0.39, 0.29) is 0 Å². The van der Waals surface area contributed by atoms with Gasteiger partial charge in [-0.1, -0.05) is 96.3 Å². The predicted molar refractivity (Wildman–Crippen MR) is 151 cm³/mol. The Morgan fingerprint density at radius 1 is 0.737 bits per heavy atom. The lowest BCUT2D eigenvalue weighted by Crippen LogP contribution is -2.42. The molecule has 200 valence electrons. The van der Waals surface area contributed by atoms with Crippen molar-refractivity contribution in [2.45, 2.75) is 23.3 Å². The van der Waals surface area contributed by atoms with Gasteiger partial charge in [-0.25, -0.2) is 4.79 Å². The fourth-order valence-corrected chi connectivity index (χ4v) is 4.78. The lowest BCUT2D eigenvalue weighted by Gasteiger charge is -2.18. The lowest BCUT2D eigenvalue weighted by atomic mass is 9.95. The zero-order valence-corrected chi connectivity index (χ0v) is 22.4. The predicted octanol–water partition coefficient (Wildman–Crippen LogP) is 5.25. The number of aliphatic carboxylic acids is 3. The summed E-state index contributed by atoms with van der Waals surface area (Å²) in [6.07, 6.45) is -2.29. The van der Waals surface area contributed by atoms with E-state index in [9.17, 15) is 14.4 Å². The Morgan fingerprint density at radius 3 is 1.61 bits per heavy atom. The second-order valence-electron chi connectivity index (χ2n) is 7.85. The smallest absolute Gasteiger partial charge is 0.336 e. The number of aliphatic hydroxyl groups is 1. The van der Waals surface area contributed by atoms with Gasteiger partial charge in [-0.05, 0) is 28.8 Å². The third kappa shape index (κ3) is 9.55. The third-order valence-electron chi connectivity index (χ3n) is 5.03. The van der Waals surface area contributed by atoms with E-state index in [1.165, 1.54) is 16.8 Å². The van der Waals surface area contributed by atoms with Crippen molar-refractivity contribution in [2.75, 3.05) is 5.08 Å². The summed E-state index contributed by atoms with van der Waals surface area (Å²) in [6, 6.07) is 28.8. The molecule has 11 heteroatoms. The van der Waals surface area contributed by atoms with Crippen molar-refractivity contribution < 1.29 is 34.8 Å². The van der Waals surface area contributed by atoms with E-state index in [1.54, 1.807) is 11.8 Å². The summed E-state index contributed by atoms with van der Waals surface area (Å²) in [6.45, 7) is 0. The van der Waals surface area contributed by atoms with Gasteiger partial charge in [-0.15, -0.1) is 11.8 Å². The average Bonchev–Trinajstić information content (AvgIpc) is 2.89. The van der Waals surface area contributed by atoms with Crippen LogP contribution in [0.25, 0.3) is 10.6 Å². The number of halogens is 1. The van der Waals surface area contributed by atoms with Crippen molar-refractivity contribution in [3.05, 3.63) is 102 Å². The van der Waals surface area contributed by atoms with E-state index >= 15 is 0 Å². The van der Waals surface area contributed by atoms with Crippen LogP contribution in [0.3, 0.4) is 0 Å². The van der Waals surface area contributed by atoms with Crippen LogP contribution in [0.15, 0.2) is 89.8 Å². The summed E-state index contributed by atoms with van der Waals surface area (Å²) in [5.74, 6) is -5.02. The fraction of sp³-hybridized carbons (Fsp3) is 0.148. The molecule has 0 amide bonds. The largest absolute Gasteiger partial charge is 0.481 e. The van der Waals surface area contributed by atoms with Crippen LogP contribution in [0.1, 0.15) is 29.5 Å². The molecular weight excluding hydrogens is 550 g/mol. The molecule has 0 aliphatic carbocycles. The standard InChI is InChI=1S/C21H18ClNS2.C6H8O7/c22-21(18-9-5-2-6-10-18)20(16-7-3-1-4-8-16)17-11-13-19(14-12-17)24-15-25-23;7-3(8)1-6(13,5(11)12)2-4(9)10/h1-14H,15,23H2;13H,1-2H2,(H,7,8)(H,9,10)(H,11,12). The summed E-state index contributed by atoms with van der Waals surface area (Å²) < 4.78 is 0. The number of hydrogen-bond donors (Lipinski definition) is 5. The van der Waals surface area contributed by atoms with Gasteiger partial charge in [-0.3, -0.25) is 14.7 Å². The van der Waals surface area contributed by atoms with Crippen LogP contribution in [-0.2, 0) is 14.4 Å². The first-order chi connectivity index (χ1) is 18.1. The molecule has 3 rings (SSSR count). The first kappa shape index (κ1) is 30.9. The van der Waals surface area contributed by atoms with Crippen LogP contribution in [0, 0.1) is 0 Å². The molecule has 3 aromatic carbocycles. The van der Waals surface area contributed by atoms with Crippen LogP contribution in [0.5, 0.6) is 0 Å². The molecule has 0 aromatic heterocycles. The first-order valence-electron chi connectivity index (χ1n) is 11.0. The molecule has 0 bridgehead atoms. The first-order valence-corrected chi connectivity index (χ1v) is 13.4. The minimum atomic E-state index is -2.74. The van der Waals surface area contributed by atoms with Crippen LogP contribution >= 0.6 is 35.3 Å². The molecule has 0 aliphatic rings. The summed E-state index contributed by atoms with van der Waals surface area (Å²) in [4.78, 5) is 31.7. The second kappa shape index (κ2) is 15.2. The van der Waals surface area contributed by atoms with Crippen LogP contribution in [-0.4, -0.2) is 49.0 Å². The van der Waals surface area contributed by atoms with Gasteiger partial charge in [0.2, 0.25) is 0 Å². The number of nitrogens with two attached hydrogens (primary N) is 1. The highest BCUT2D eigenvalue weighted by Gasteiger charge is 2.40. The van der Waals surface area contributed by atoms with Crippen LogP contribution in [0.4, 0.5) is 0 Å². The molecule has 0 saturated carbocycles. The molecule has 0 unspecified atom stereocenters. The molecule has 0 aliphatic heterocycles. The molecular formula is C27H26ClNO7S2. The van der Waals surface area contributed by atoms with Crippen molar-refractivity contribution >= 4 is 63.8 Å². The second-order valence-corrected chi connectivity index (χ2v) is 10.3. The molecule has 0 radical (unpaired) electrons. The molecule has 0 heterocycles. The molecule has 38 heavy (non-hydrogen) atoms. The van der Waals surface area contributed by atoms with Gasteiger partial charge >= 0.3 is 17.9 Å². The van der Waals surface area contributed by atoms with Gasteiger partial charge in [0.1, 0.15) is 0 Å². The zero-order chi connectivity index (χ0) is 28.1. The van der Waals surface area contributed by atoms with Gasteiger partial charge in [0, 0.05) is 10.5 Å². The Labute approximate surface area is 233 Å². The topological polar surface area (TPSA) is 158 Å². The molecule has 0 atom stereocenters. The minimum absolute atomic E-state index is 0.754. The summed E-state index contributed by atoms with van der Waals surface area (Å²) in [5.41, 5.74) is 1.52. The molecule has 8 nitrogen and oxygen atoms in total. The van der Waals surface area contributed by atoms with Crippen molar-refractivity contribution in [3.8, 4) is 0 Å². The van der Waals surface area contributed by atoms with Crippen molar-refractivity contribution in [1.29, 1.82) is 0 Å². The molecule has 6 N–H and O–H groups in total. The summed E-state index contributed by atoms with van der Waals surface area (Å²) >= 11 is 9.89. The Kier molecular flexibility index (Phi) is 12.4. The Hall–Kier alpha value is -3.28. The van der Waals surface area contributed by atoms with Gasteiger partial charge < -0.3 is 20.4 Å². The number of carbonyl (C=O) groups is 3. The maximum atomic E-state index is 10.3. The van der Waals surface area contributed by atoms with E-state index in [1.807, 2.05) is 48.5 Å². The highest BCUT2D eigenvalue weighted by molar-refractivity contribution is 8.15. The van der Waals surface area contributed by atoms with E-state index in [0.717, 1.165) is 32.4 Å². The number of carboxylic acids is 3. The number of rotatable bonds is 11. The Morgan fingerprint density at radius 2 is 1.18 bits per heavy atom. The highest BCUT2D eigenvalue weighted by atomic mass is 35.5. The number of hydrogen-bond acceptors (Lipinski definition) is 7. The quantitative estimate of drug-likeness (QED) is 0.0884. The van der Waals surface area contributed by atoms with Crippen molar-refractivity contribution in [1.82, 2.24) is 0 Å². The molecule has 0 spiro atoms. The highest BCUT2D eigenvalue weighted by Crippen LogP contribution is 2.35. The van der Waals surface area contributed by atoms with E-state index < -0.39 is 36.4 Å². The van der Waals surface area contributed by atoms with Gasteiger partial charge in [0.25, 0.3) is 0 Å². The summed E-state index contributed by atoms with van der Waals surface area (Å²) in [7, 11) is 0. The van der Waals surface area contributed by atoms with E-state index in [0.29, 0.717) is 0 Å². The fourth-order valence-electron chi connectivity index (χ4n) is 3.29. The zero-order valence-electron chi connectivity index (χ0n) is 20.0. The lowest BCUT2D eigenvalue weighted by molar-refractivity contribution is -0.170. The van der Waals surface area contributed by atoms with E-state index in [4.69, 9.17) is 37.2 Å². The maximum absolute atomic E-state index is 10.3. The Balaban J connectivity index is 0.000000332. The number of carboxylic acid groups (broad SMARTS) is 3. The number of thioether (sulfide) groups is 1. The molecule has 0 fully saturated rings. The van der Waals surface area contributed by atoms with Crippen molar-refractivity contribution in [3.63, 3.8) is 0 Å². The molecule has 3 aromatic rings. The average molecular weight is 576 g/mol. The van der Waals surface area contributed by atoms with E-state index in [2.05, 4.69) is 36.4 Å². The van der Waals surface area contributed by atoms with Gasteiger partial charge in [0.15, 0.2) is 5.60 Å². The Bertz CT molecular complexity index is 1240. The van der Waals surface area contributed by atoms with Crippen LogP contribution < -0.4 is 5.14 Å². The number of benzene rings is 3. The summed E-state index contributed by atoms with van der Waals surface area (Å²) in [5, 5.41) is 40.9. The maximum Gasteiger partial charge on any atom is 0.336 e. The normalized spacial score (nSPS) is 11.6. The van der Waals surface area contributed by atoms with Gasteiger partial charge in [0.05, 0.1) is 23.0 Å². The SMILES string of the molecule is NSCSc1ccc(C(=C(Cl)c2ccccc2)c2ccccc2)cc1.O=C(O)CC(O)(CC(=O)O)C(=O)O. The monoisotopic (exact) mass is 575 g/mol. The van der Waals surface area contributed by atoms with Crippen molar-refractivity contribution in [2.24, 2.45) is 5.14 Å². The third-order valence-corrected chi connectivity index (χ3v) is 7.06. The van der Waals surface area contributed by atoms with Gasteiger partial charge in [-0.2, -0.15) is 0 Å². The minimum Gasteiger partial charge on any atom is -0.481 e. The molecule has 0 saturated heterocycles.